The molecule has 94 valence electrons. The molecule has 1 heterocycles. The van der Waals surface area contributed by atoms with E-state index in [-0.39, 0.29) is 16.2 Å². The Labute approximate surface area is 116 Å². The standard InChI is InChI=1S/C13H9BrF2OS/c1-8(17)9-2-4-10(5-3-9)13(15,16)11-6-7-12(14)18-11/h2-7,17H,1H2. The van der Waals surface area contributed by atoms with E-state index in [9.17, 15) is 8.78 Å². The van der Waals surface area contributed by atoms with Crippen molar-refractivity contribution in [2.75, 3.05) is 0 Å². The summed E-state index contributed by atoms with van der Waals surface area (Å²) in [6.07, 6.45) is 0. The van der Waals surface area contributed by atoms with Gasteiger partial charge in [0, 0.05) is 11.1 Å². The average molecular weight is 331 g/mol. The molecule has 1 aromatic heterocycles. The molecule has 0 saturated heterocycles. The third-order valence-corrected chi connectivity index (χ3v) is 4.16. The van der Waals surface area contributed by atoms with Crippen LogP contribution in [0.3, 0.4) is 0 Å². The topological polar surface area (TPSA) is 20.2 Å². The van der Waals surface area contributed by atoms with Crippen LogP contribution in [0.1, 0.15) is 16.0 Å². The van der Waals surface area contributed by atoms with Gasteiger partial charge in [-0.2, -0.15) is 8.78 Å². The monoisotopic (exact) mass is 330 g/mol. The summed E-state index contributed by atoms with van der Waals surface area (Å²) < 4.78 is 28.9. The molecule has 0 radical (unpaired) electrons. The van der Waals surface area contributed by atoms with Gasteiger partial charge in [-0.05, 0) is 28.1 Å². The Hall–Kier alpha value is -1.20. The van der Waals surface area contributed by atoms with E-state index in [4.69, 9.17) is 5.11 Å². The van der Waals surface area contributed by atoms with Gasteiger partial charge in [0.05, 0.1) is 8.66 Å². The van der Waals surface area contributed by atoms with Crippen LogP contribution in [0.15, 0.2) is 46.8 Å². The van der Waals surface area contributed by atoms with E-state index in [1.54, 1.807) is 6.07 Å². The quantitative estimate of drug-likeness (QED) is 0.769. The average Bonchev–Trinajstić information content (AvgIpc) is 2.76. The highest BCUT2D eigenvalue weighted by molar-refractivity contribution is 9.11. The maximum atomic E-state index is 14.1. The summed E-state index contributed by atoms with van der Waals surface area (Å²) in [5.41, 5.74) is 0.323. The summed E-state index contributed by atoms with van der Waals surface area (Å²) >= 11 is 4.17. The van der Waals surface area contributed by atoms with Crippen molar-refractivity contribution in [3.05, 3.63) is 62.8 Å². The smallest absolute Gasteiger partial charge is 0.307 e. The van der Waals surface area contributed by atoms with Crippen LogP contribution < -0.4 is 0 Å². The molecular formula is C13H9BrF2OS. The van der Waals surface area contributed by atoms with Crippen molar-refractivity contribution in [1.29, 1.82) is 0 Å². The van der Waals surface area contributed by atoms with Crippen LogP contribution in [0.2, 0.25) is 0 Å². The van der Waals surface area contributed by atoms with E-state index in [1.165, 1.54) is 30.3 Å². The summed E-state index contributed by atoms with van der Waals surface area (Å²) in [6.45, 7) is 3.34. The summed E-state index contributed by atoms with van der Waals surface area (Å²) in [5.74, 6) is -3.17. The zero-order chi connectivity index (χ0) is 13.3. The number of aliphatic hydroxyl groups is 1. The SMILES string of the molecule is C=C(O)c1ccc(C(F)(F)c2ccc(Br)s2)cc1. The molecular weight excluding hydrogens is 322 g/mol. The maximum absolute atomic E-state index is 14.1. The van der Waals surface area contributed by atoms with Gasteiger partial charge in [-0.15, -0.1) is 11.3 Å². The highest BCUT2D eigenvalue weighted by Crippen LogP contribution is 2.40. The molecule has 0 saturated carbocycles. The van der Waals surface area contributed by atoms with Gasteiger partial charge in [0.1, 0.15) is 5.76 Å². The predicted molar refractivity (Wildman–Crippen MR) is 73.1 cm³/mol. The lowest BCUT2D eigenvalue weighted by Gasteiger charge is -2.15. The van der Waals surface area contributed by atoms with E-state index >= 15 is 0 Å². The van der Waals surface area contributed by atoms with Crippen molar-refractivity contribution in [2.24, 2.45) is 0 Å². The molecule has 1 aromatic carbocycles. The number of aliphatic hydroxyl groups excluding tert-OH is 1. The fourth-order valence-corrected chi connectivity index (χ4v) is 2.88. The second kappa shape index (κ2) is 4.82. The fourth-order valence-electron chi connectivity index (χ4n) is 1.50. The minimum atomic E-state index is -3.04. The first-order chi connectivity index (χ1) is 8.41. The minimum absolute atomic E-state index is 0.0232. The molecule has 0 bridgehead atoms. The van der Waals surface area contributed by atoms with Crippen LogP contribution in [0.5, 0.6) is 0 Å². The summed E-state index contributed by atoms with van der Waals surface area (Å²) in [4.78, 5) is -0.0232. The lowest BCUT2D eigenvalue weighted by molar-refractivity contribution is 0.0469. The van der Waals surface area contributed by atoms with Gasteiger partial charge < -0.3 is 5.11 Å². The van der Waals surface area contributed by atoms with Gasteiger partial charge in [0.15, 0.2) is 0 Å². The van der Waals surface area contributed by atoms with Crippen LogP contribution in [-0.4, -0.2) is 5.11 Å². The summed E-state index contributed by atoms with van der Waals surface area (Å²) in [7, 11) is 0. The molecule has 1 N–H and O–H groups in total. The normalized spacial score (nSPS) is 11.5. The van der Waals surface area contributed by atoms with Crippen LogP contribution in [0.25, 0.3) is 5.76 Å². The lowest BCUT2D eigenvalue weighted by Crippen LogP contribution is -2.13. The number of rotatable bonds is 3. The van der Waals surface area contributed by atoms with Crippen LogP contribution >= 0.6 is 27.3 Å². The van der Waals surface area contributed by atoms with Crippen LogP contribution in [-0.2, 0) is 5.92 Å². The van der Waals surface area contributed by atoms with Crippen molar-refractivity contribution in [3.63, 3.8) is 0 Å². The van der Waals surface area contributed by atoms with E-state index in [0.29, 0.717) is 9.35 Å². The summed E-state index contributed by atoms with van der Waals surface area (Å²) in [6, 6.07) is 8.43. The first-order valence-electron chi connectivity index (χ1n) is 5.03. The van der Waals surface area contributed by atoms with Gasteiger partial charge in [-0.1, -0.05) is 30.8 Å². The molecule has 1 nitrogen and oxygen atoms in total. The predicted octanol–water partition coefficient (Wildman–Crippen LogP) is 5.18. The molecule has 5 heteroatoms. The molecule has 0 amide bonds. The van der Waals surface area contributed by atoms with Crippen LogP contribution in [0.4, 0.5) is 8.78 Å². The molecule has 2 aromatic rings. The molecule has 0 unspecified atom stereocenters. The Morgan fingerprint density at radius 3 is 2.22 bits per heavy atom. The van der Waals surface area contributed by atoms with E-state index in [1.807, 2.05) is 0 Å². The zero-order valence-electron chi connectivity index (χ0n) is 9.16. The minimum Gasteiger partial charge on any atom is -0.508 e. The third kappa shape index (κ3) is 2.47. The van der Waals surface area contributed by atoms with E-state index < -0.39 is 5.92 Å². The van der Waals surface area contributed by atoms with Crippen LogP contribution in [0, 0.1) is 0 Å². The zero-order valence-corrected chi connectivity index (χ0v) is 11.6. The first-order valence-corrected chi connectivity index (χ1v) is 6.64. The second-order valence-corrected chi connectivity index (χ2v) is 6.17. The lowest BCUT2D eigenvalue weighted by atomic mass is 10.0. The molecule has 0 atom stereocenters. The Kier molecular flexibility index (Phi) is 3.54. The Balaban J connectivity index is 2.38. The number of hydrogen-bond acceptors (Lipinski definition) is 2. The van der Waals surface area contributed by atoms with E-state index in [0.717, 1.165) is 11.3 Å². The molecule has 2 rings (SSSR count). The van der Waals surface area contributed by atoms with Crippen molar-refractivity contribution in [3.8, 4) is 0 Å². The molecule has 0 aliphatic carbocycles. The van der Waals surface area contributed by atoms with Crippen molar-refractivity contribution >= 4 is 33.0 Å². The van der Waals surface area contributed by atoms with Crippen molar-refractivity contribution in [1.82, 2.24) is 0 Å². The molecule has 18 heavy (non-hydrogen) atoms. The fraction of sp³-hybridized carbons (Fsp3) is 0.0769. The Bertz CT molecular complexity index is 575. The number of benzene rings is 1. The highest BCUT2D eigenvalue weighted by atomic mass is 79.9. The number of halogens is 3. The van der Waals surface area contributed by atoms with Gasteiger partial charge >= 0.3 is 5.92 Å². The molecule has 0 fully saturated rings. The van der Waals surface area contributed by atoms with Crippen molar-refractivity contribution < 1.29 is 13.9 Å². The second-order valence-electron chi connectivity index (χ2n) is 3.70. The van der Waals surface area contributed by atoms with Gasteiger partial charge in [-0.25, -0.2) is 0 Å². The summed E-state index contributed by atoms with van der Waals surface area (Å²) in [5, 5.41) is 9.15. The number of thiophene rings is 1. The molecule has 0 aliphatic heterocycles. The number of hydrogen-bond donors (Lipinski definition) is 1. The molecule has 0 spiro atoms. The highest BCUT2D eigenvalue weighted by Gasteiger charge is 2.35. The molecule has 0 aliphatic rings. The van der Waals surface area contributed by atoms with Crippen molar-refractivity contribution in [2.45, 2.75) is 5.92 Å². The maximum Gasteiger partial charge on any atom is 0.307 e. The first kappa shape index (κ1) is 13.2. The Morgan fingerprint density at radius 1 is 1.17 bits per heavy atom. The van der Waals surface area contributed by atoms with Gasteiger partial charge in [0.25, 0.3) is 0 Å². The van der Waals surface area contributed by atoms with E-state index in [2.05, 4.69) is 22.5 Å². The van der Waals surface area contributed by atoms with Gasteiger partial charge in [0.2, 0.25) is 0 Å². The van der Waals surface area contributed by atoms with Gasteiger partial charge in [-0.3, -0.25) is 0 Å². The largest absolute Gasteiger partial charge is 0.508 e. The third-order valence-electron chi connectivity index (χ3n) is 2.46. The number of alkyl halides is 2. The Morgan fingerprint density at radius 2 is 1.78 bits per heavy atom.